The molecular formula is C9H11ClN4O2S. The zero-order valence-electron chi connectivity index (χ0n) is 8.83. The van der Waals surface area contributed by atoms with Crippen LogP contribution >= 0.6 is 23.8 Å². The first kappa shape index (κ1) is 12.1. The van der Waals surface area contributed by atoms with Crippen molar-refractivity contribution in [1.82, 2.24) is 9.97 Å². The summed E-state index contributed by atoms with van der Waals surface area (Å²) in [5.74, 6) is 0.617. The van der Waals surface area contributed by atoms with E-state index in [0.29, 0.717) is 18.8 Å². The molecule has 1 aromatic rings. The fourth-order valence-corrected chi connectivity index (χ4v) is 2.19. The predicted molar refractivity (Wildman–Crippen MR) is 67.8 cm³/mol. The van der Waals surface area contributed by atoms with Crippen molar-refractivity contribution < 1.29 is 4.79 Å². The van der Waals surface area contributed by atoms with E-state index in [1.165, 1.54) is 4.90 Å². The lowest BCUT2D eigenvalue weighted by Gasteiger charge is -2.17. The molecule has 1 aliphatic rings. The van der Waals surface area contributed by atoms with E-state index in [0.717, 1.165) is 0 Å². The van der Waals surface area contributed by atoms with Crippen LogP contribution in [0.3, 0.4) is 0 Å². The second-order valence-electron chi connectivity index (χ2n) is 3.90. The fourth-order valence-electron chi connectivity index (χ4n) is 1.80. The Bertz CT molecular complexity index is 567. The minimum Gasteiger partial charge on any atom is -0.391 e. The standard InChI is InChI=1S/C9H11ClN4O2S/c10-2-4-1-5(15)14(3-4)7-6(11)8(16)13-9(17)12-7/h4H,1-3,11H2,(H2,12,13,16,17). The molecule has 1 saturated heterocycles. The second kappa shape index (κ2) is 4.50. The Morgan fingerprint density at radius 2 is 2.18 bits per heavy atom. The third-order valence-corrected chi connectivity index (χ3v) is 3.29. The van der Waals surface area contributed by atoms with Crippen LogP contribution in [0.15, 0.2) is 4.79 Å². The number of amides is 1. The molecule has 8 heteroatoms. The first-order valence-corrected chi connectivity index (χ1v) is 5.95. The normalized spacial score (nSPS) is 19.9. The molecule has 1 atom stereocenters. The van der Waals surface area contributed by atoms with Crippen molar-refractivity contribution in [3.05, 3.63) is 15.1 Å². The minimum atomic E-state index is -0.495. The molecule has 0 spiro atoms. The number of aromatic nitrogens is 2. The van der Waals surface area contributed by atoms with Gasteiger partial charge in [-0.2, -0.15) is 0 Å². The van der Waals surface area contributed by atoms with E-state index >= 15 is 0 Å². The number of alkyl halides is 1. The molecule has 2 rings (SSSR count). The number of aromatic amines is 2. The van der Waals surface area contributed by atoms with Crippen LogP contribution in [0.5, 0.6) is 0 Å². The Hall–Kier alpha value is -1.34. The molecule has 1 amide bonds. The Balaban J connectivity index is 2.45. The molecule has 1 fully saturated rings. The highest BCUT2D eigenvalue weighted by atomic mass is 35.5. The van der Waals surface area contributed by atoms with Crippen LogP contribution in [0.25, 0.3) is 0 Å². The maximum atomic E-state index is 11.8. The van der Waals surface area contributed by atoms with Crippen molar-refractivity contribution in [1.29, 1.82) is 0 Å². The number of rotatable bonds is 2. The van der Waals surface area contributed by atoms with E-state index in [9.17, 15) is 9.59 Å². The molecule has 0 bridgehead atoms. The SMILES string of the molecule is Nc1c(N2CC(CCl)CC2=O)[nH]c(=S)[nH]c1=O. The van der Waals surface area contributed by atoms with Gasteiger partial charge in [0.1, 0.15) is 11.5 Å². The van der Waals surface area contributed by atoms with Gasteiger partial charge < -0.3 is 10.7 Å². The smallest absolute Gasteiger partial charge is 0.277 e. The van der Waals surface area contributed by atoms with Gasteiger partial charge in [0.05, 0.1) is 0 Å². The molecule has 4 N–H and O–H groups in total. The fraction of sp³-hybridized carbons (Fsp3) is 0.444. The van der Waals surface area contributed by atoms with Crippen LogP contribution in [-0.4, -0.2) is 28.3 Å². The van der Waals surface area contributed by atoms with Crippen molar-refractivity contribution in [2.75, 3.05) is 23.1 Å². The van der Waals surface area contributed by atoms with E-state index in [2.05, 4.69) is 9.97 Å². The second-order valence-corrected chi connectivity index (χ2v) is 4.62. The summed E-state index contributed by atoms with van der Waals surface area (Å²) in [6.45, 7) is 0.446. The molecular weight excluding hydrogens is 264 g/mol. The van der Waals surface area contributed by atoms with E-state index in [-0.39, 0.29) is 28.1 Å². The van der Waals surface area contributed by atoms with Crippen molar-refractivity contribution in [3.63, 3.8) is 0 Å². The van der Waals surface area contributed by atoms with Gasteiger partial charge in [-0.15, -0.1) is 11.6 Å². The maximum Gasteiger partial charge on any atom is 0.277 e. The number of anilines is 2. The molecule has 17 heavy (non-hydrogen) atoms. The number of carbonyl (C=O) groups is 1. The molecule has 6 nitrogen and oxygen atoms in total. The van der Waals surface area contributed by atoms with Gasteiger partial charge in [0.15, 0.2) is 4.77 Å². The number of nitrogen functional groups attached to an aromatic ring is 1. The molecule has 2 heterocycles. The predicted octanol–water partition coefficient (Wildman–Crippen LogP) is 0.606. The molecule has 1 aliphatic heterocycles. The first-order valence-electron chi connectivity index (χ1n) is 5.01. The average molecular weight is 275 g/mol. The van der Waals surface area contributed by atoms with E-state index in [4.69, 9.17) is 29.6 Å². The molecule has 92 valence electrons. The number of nitrogens with zero attached hydrogens (tertiary/aromatic N) is 1. The van der Waals surface area contributed by atoms with Crippen LogP contribution in [0.4, 0.5) is 11.5 Å². The largest absolute Gasteiger partial charge is 0.391 e. The lowest BCUT2D eigenvalue weighted by molar-refractivity contribution is -0.117. The number of hydrogen-bond acceptors (Lipinski definition) is 4. The third kappa shape index (κ3) is 2.20. The highest BCUT2D eigenvalue weighted by Crippen LogP contribution is 2.26. The van der Waals surface area contributed by atoms with Crippen LogP contribution in [0.1, 0.15) is 6.42 Å². The third-order valence-electron chi connectivity index (χ3n) is 2.65. The Morgan fingerprint density at radius 3 is 2.76 bits per heavy atom. The summed E-state index contributed by atoms with van der Waals surface area (Å²) in [4.78, 5) is 29.7. The van der Waals surface area contributed by atoms with Crippen LogP contribution in [0.2, 0.25) is 0 Å². The van der Waals surface area contributed by atoms with Gasteiger partial charge in [-0.3, -0.25) is 19.5 Å². The van der Waals surface area contributed by atoms with Gasteiger partial charge in [0.25, 0.3) is 5.56 Å². The van der Waals surface area contributed by atoms with Gasteiger partial charge in [0, 0.05) is 18.8 Å². The summed E-state index contributed by atoms with van der Waals surface area (Å²) in [6, 6.07) is 0. The minimum absolute atomic E-state index is 0.0397. The Labute approximate surface area is 107 Å². The zero-order chi connectivity index (χ0) is 12.6. The molecule has 0 aliphatic carbocycles. The zero-order valence-corrected chi connectivity index (χ0v) is 10.4. The number of halogens is 1. The average Bonchev–Trinajstić information content (AvgIpc) is 2.65. The Kier molecular flexibility index (Phi) is 3.21. The summed E-state index contributed by atoms with van der Waals surface area (Å²) < 4.78 is 0.140. The van der Waals surface area contributed by atoms with Gasteiger partial charge in [-0.25, -0.2) is 0 Å². The van der Waals surface area contributed by atoms with E-state index in [1.807, 2.05) is 0 Å². The lowest BCUT2D eigenvalue weighted by Crippen LogP contribution is -2.29. The highest BCUT2D eigenvalue weighted by Gasteiger charge is 2.32. The number of hydrogen-bond donors (Lipinski definition) is 3. The van der Waals surface area contributed by atoms with Gasteiger partial charge in [-0.05, 0) is 18.1 Å². The summed E-state index contributed by atoms with van der Waals surface area (Å²) in [5, 5.41) is 0. The van der Waals surface area contributed by atoms with E-state index < -0.39 is 5.56 Å². The molecule has 0 radical (unpaired) electrons. The van der Waals surface area contributed by atoms with E-state index in [1.54, 1.807) is 0 Å². The van der Waals surface area contributed by atoms with Crippen LogP contribution in [-0.2, 0) is 4.79 Å². The number of nitrogens with two attached hydrogens (primary N) is 1. The number of carbonyl (C=O) groups excluding carboxylic acids is 1. The van der Waals surface area contributed by atoms with Crippen molar-refractivity contribution in [3.8, 4) is 0 Å². The highest BCUT2D eigenvalue weighted by molar-refractivity contribution is 7.71. The molecule has 1 aromatic heterocycles. The molecule has 1 unspecified atom stereocenters. The summed E-state index contributed by atoms with van der Waals surface area (Å²) in [6.07, 6.45) is 0.357. The monoisotopic (exact) mass is 274 g/mol. The van der Waals surface area contributed by atoms with Gasteiger partial charge in [-0.1, -0.05) is 0 Å². The summed E-state index contributed by atoms with van der Waals surface area (Å²) in [5.41, 5.74) is 5.10. The van der Waals surface area contributed by atoms with Gasteiger partial charge >= 0.3 is 0 Å². The van der Waals surface area contributed by atoms with Gasteiger partial charge in [0.2, 0.25) is 5.91 Å². The summed E-state index contributed by atoms with van der Waals surface area (Å²) in [7, 11) is 0. The van der Waals surface area contributed by atoms with Crippen LogP contribution in [0, 0.1) is 10.7 Å². The number of nitrogens with one attached hydrogen (secondary N) is 2. The van der Waals surface area contributed by atoms with Crippen molar-refractivity contribution >= 4 is 41.2 Å². The summed E-state index contributed by atoms with van der Waals surface area (Å²) >= 11 is 10.6. The Morgan fingerprint density at radius 1 is 1.47 bits per heavy atom. The van der Waals surface area contributed by atoms with Crippen molar-refractivity contribution in [2.24, 2.45) is 5.92 Å². The van der Waals surface area contributed by atoms with Crippen LogP contribution < -0.4 is 16.2 Å². The van der Waals surface area contributed by atoms with Crippen molar-refractivity contribution in [2.45, 2.75) is 6.42 Å². The molecule has 0 aromatic carbocycles. The maximum absolute atomic E-state index is 11.8. The lowest BCUT2D eigenvalue weighted by atomic mass is 10.1. The quantitative estimate of drug-likeness (QED) is 0.544. The number of H-pyrrole nitrogens is 2. The topological polar surface area (TPSA) is 95.0 Å². The molecule has 0 saturated carbocycles. The first-order chi connectivity index (χ1) is 8.02.